The predicted octanol–water partition coefficient (Wildman–Crippen LogP) is 2.68. The van der Waals surface area contributed by atoms with Crippen LogP contribution in [0.15, 0.2) is 48.3 Å². The minimum atomic E-state index is 0.829. The van der Waals surface area contributed by atoms with E-state index in [1.165, 1.54) is 35.4 Å². The third-order valence-corrected chi connectivity index (χ3v) is 2.87. The first-order chi connectivity index (χ1) is 8.61. The predicted molar refractivity (Wildman–Crippen MR) is 79.2 cm³/mol. The number of hydrogen-bond donors (Lipinski definition) is 2. The van der Waals surface area contributed by atoms with Gasteiger partial charge in [0.15, 0.2) is 0 Å². The minimum Gasteiger partial charge on any atom is -0.399 e. The molecular weight excluding hydrogens is 220 g/mol. The summed E-state index contributed by atoms with van der Waals surface area (Å²) in [5.41, 5.74) is 8.90. The van der Waals surface area contributed by atoms with E-state index in [4.69, 9.17) is 5.73 Å². The van der Waals surface area contributed by atoms with Crippen LogP contribution in [0.25, 0.3) is 0 Å². The van der Waals surface area contributed by atoms with Crippen LogP contribution in [0.5, 0.6) is 0 Å². The Kier molecular flexibility index (Phi) is 6.23. The number of nitrogens with two attached hydrogens (primary N) is 1. The van der Waals surface area contributed by atoms with E-state index in [9.17, 15) is 0 Å². The van der Waals surface area contributed by atoms with Gasteiger partial charge in [0.1, 0.15) is 6.20 Å². The number of quaternary nitrogens is 1. The van der Waals surface area contributed by atoms with Crippen molar-refractivity contribution in [2.75, 3.05) is 12.3 Å². The van der Waals surface area contributed by atoms with Crippen LogP contribution in [0.2, 0.25) is 0 Å². The molecule has 3 N–H and O–H groups in total. The Balaban J connectivity index is 0.000000184. The molecule has 98 valence electrons. The molecule has 18 heavy (non-hydrogen) atoms. The normalized spacial score (nSPS) is 17.1. The Labute approximate surface area is 111 Å². The summed E-state index contributed by atoms with van der Waals surface area (Å²) < 4.78 is 0. The molecule has 0 aromatic heterocycles. The number of nitrogen functional groups attached to an aromatic ring is 1. The van der Waals surface area contributed by atoms with Gasteiger partial charge in [0.05, 0.1) is 12.7 Å². The number of allylic oxidation sites excluding steroid dienone is 2. The molecule has 1 aliphatic heterocycles. The van der Waals surface area contributed by atoms with Crippen LogP contribution in [0.1, 0.15) is 32.3 Å². The summed E-state index contributed by atoms with van der Waals surface area (Å²) >= 11 is 0. The van der Waals surface area contributed by atoms with Crippen molar-refractivity contribution in [2.45, 2.75) is 33.6 Å². The number of unbranched alkanes of at least 4 members (excludes halogenated alkanes) is 1. The lowest BCUT2D eigenvalue weighted by atomic mass is 10.2. The van der Waals surface area contributed by atoms with Crippen molar-refractivity contribution >= 4 is 5.69 Å². The van der Waals surface area contributed by atoms with Gasteiger partial charge in [0.25, 0.3) is 0 Å². The van der Waals surface area contributed by atoms with Crippen LogP contribution in [0.4, 0.5) is 5.69 Å². The molecule has 0 bridgehead atoms. The van der Waals surface area contributed by atoms with Crippen LogP contribution in [0.3, 0.4) is 0 Å². The monoisotopic (exact) mass is 245 g/mol. The van der Waals surface area contributed by atoms with Gasteiger partial charge in [-0.25, -0.2) is 0 Å². The fourth-order valence-electron chi connectivity index (χ4n) is 1.73. The molecule has 1 heterocycles. The summed E-state index contributed by atoms with van der Waals surface area (Å²) in [5, 5.41) is 0. The standard InChI is InChI=1S/C9H15N.C7H9N/c1-3-4-6-10-7-5-9(2)8-10;1-6-2-4-7(8)5-3-6/h5,7-8H,3-4,6H2,1-2H3;2-5H,8H2,1H3/p+1. The van der Waals surface area contributed by atoms with Gasteiger partial charge in [-0.3, -0.25) is 4.90 Å². The number of rotatable bonds is 3. The molecule has 2 rings (SSSR count). The van der Waals surface area contributed by atoms with Crippen LogP contribution in [-0.2, 0) is 0 Å². The highest BCUT2D eigenvalue weighted by Crippen LogP contribution is 2.02. The lowest BCUT2D eigenvalue weighted by Gasteiger charge is -2.03. The SMILES string of the molecule is CCCC[NH+]1C=CC(C)=C1.Cc1ccc(N)cc1. The minimum absolute atomic E-state index is 0.829. The zero-order chi connectivity index (χ0) is 13.4. The molecule has 2 nitrogen and oxygen atoms in total. The van der Waals surface area contributed by atoms with E-state index in [2.05, 4.69) is 32.3 Å². The van der Waals surface area contributed by atoms with Gasteiger partial charge in [-0.1, -0.05) is 31.0 Å². The Morgan fingerprint density at radius 2 is 1.78 bits per heavy atom. The third-order valence-electron chi connectivity index (χ3n) is 2.87. The van der Waals surface area contributed by atoms with E-state index in [0.717, 1.165) is 5.69 Å². The second-order valence-corrected chi connectivity index (χ2v) is 4.81. The molecule has 0 radical (unpaired) electrons. The molecule has 2 heteroatoms. The van der Waals surface area contributed by atoms with Crippen molar-refractivity contribution < 1.29 is 4.90 Å². The Bertz CT molecular complexity index is 381. The summed E-state index contributed by atoms with van der Waals surface area (Å²) in [7, 11) is 0. The topological polar surface area (TPSA) is 30.5 Å². The van der Waals surface area contributed by atoms with Gasteiger partial charge in [-0.15, -0.1) is 0 Å². The van der Waals surface area contributed by atoms with Gasteiger partial charge in [0.2, 0.25) is 0 Å². The zero-order valence-corrected chi connectivity index (χ0v) is 11.7. The number of anilines is 1. The molecule has 0 amide bonds. The highest BCUT2D eigenvalue weighted by molar-refractivity contribution is 5.38. The molecule has 0 saturated heterocycles. The van der Waals surface area contributed by atoms with E-state index >= 15 is 0 Å². The summed E-state index contributed by atoms with van der Waals surface area (Å²) in [6.45, 7) is 7.68. The van der Waals surface area contributed by atoms with Crippen molar-refractivity contribution in [3.05, 3.63) is 53.9 Å². The van der Waals surface area contributed by atoms with Crippen molar-refractivity contribution in [1.29, 1.82) is 0 Å². The van der Waals surface area contributed by atoms with Crippen LogP contribution < -0.4 is 10.6 Å². The van der Waals surface area contributed by atoms with Crippen LogP contribution >= 0.6 is 0 Å². The second kappa shape index (κ2) is 7.72. The van der Waals surface area contributed by atoms with Crippen LogP contribution in [0, 0.1) is 6.92 Å². The molecule has 0 aliphatic carbocycles. The molecule has 0 fully saturated rings. The van der Waals surface area contributed by atoms with E-state index in [1.54, 1.807) is 0 Å². The zero-order valence-electron chi connectivity index (χ0n) is 11.7. The van der Waals surface area contributed by atoms with Crippen molar-refractivity contribution in [3.63, 3.8) is 0 Å². The molecule has 1 aromatic carbocycles. The average Bonchev–Trinajstić information content (AvgIpc) is 2.77. The van der Waals surface area contributed by atoms with Gasteiger partial charge in [-0.05, 0) is 38.5 Å². The second-order valence-electron chi connectivity index (χ2n) is 4.81. The largest absolute Gasteiger partial charge is 0.399 e. The molecule has 1 atom stereocenters. The lowest BCUT2D eigenvalue weighted by Crippen LogP contribution is -3.01. The van der Waals surface area contributed by atoms with E-state index < -0.39 is 0 Å². The van der Waals surface area contributed by atoms with Crippen molar-refractivity contribution in [3.8, 4) is 0 Å². The third kappa shape index (κ3) is 5.69. The number of benzene rings is 1. The fourth-order valence-corrected chi connectivity index (χ4v) is 1.73. The van der Waals surface area contributed by atoms with Gasteiger partial charge >= 0.3 is 0 Å². The first-order valence-corrected chi connectivity index (χ1v) is 6.66. The van der Waals surface area contributed by atoms with E-state index in [-0.39, 0.29) is 0 Å². The molecule has 1 unspecified atom stereocenters. The molecule has 0 spiro atoms. The molecule has 1 aliphatic rings. The molecule has 1 aromatic rings. The van der Waals surface area contributed by atoms with E-state index in [0.29, 0.717) is 0 Å². The highest BCUT2D eigenvalue weighted by Gasteiger charge is 2.05. The Morgan fingerprint density at radius 3 is 2.22 bits per heavy atom. The fraction of sp³-hybridized carbons (Fsp3) is 0.375. The summed E-state index contributed by atoms with van der Waals surface area (Å²) in [5.74, 6) is 0. The lowest BCUT2D eigenvalue weighted by molar-refractivity contribution is -0.788. The Hall–Kier alpha value is -1.54. The molecular formula is C16H25N2+. The van der Waals surface area contributed by atoms with Gasteiger partial charge in [-0.2, -0.15) is 0 Å². The summed E-state index contributed by atoms with van der Waals surface area (Å²) in [6, 6.07) is 7.79. The highest BCUT2D eigenvalue weighted by atomic mass is 15.1. The summed E-state index contributed by atoms with van der Waals surface area (Å²) in [4.78, 5) is 1.50. The smallest absolute Gasteiger partial charge is 0.102 e. The first kappa shape index (κ1) is 14.5. The number of hydrogen-bond acceptors (Lipinski definition) is 1. The maximum atomic E-state index is 5.43. The molecule has 0 saturated carbocycles. The quantitative estimate of drug-likeness (QED) is 0.788. The van der Waals surface area contributed by atoms with Gasteiger partial charge < -0.3 is 5.73 Å². The van der Waals surface area contributed by atoms with Gasteiger partial charge in [0, 0.05) is 11.3 Å². The number of nitrogens with one attached hydrogen (secondary N) is 1. The van der Waals surface area contributed by atoms with Crippen molar-refractivity contribution in [1.82, 2.24) is 0 Å². The van der Waals surface area contributed by atoms with E-state index in [1.807, 2.05) is 31.2 Å². The maximum Gasteiger partial charge on any atom is 0.102 e. The van der Waals surface area contributed by atoms with Crippen molar-refractivity contribution in [2.24, 2.45) is 0 Å². The van der Waals surface area contributed by atoms with Crippen LogP contribution in [-0.4, -0.2) is 6.54 Å². The Morgan fingerprint density at radius 1 is 1.11 bits per heavy atom. The first-order valence-electron chi connectivity index (χ1n) is 6.66. The average molecular weight is 245 g/mol. The summed E-state index contributed by atoms with van der Waals surface area (Å²) in [6.07, 6.45) is 9.30. The number of aryl methyl sites for hydroxylation is 1. The maximum absolute atomic E-state index is 5.43.